The molecule has 1 unspecified atom stereocenters. The third-order valence-electron chi connectivity index (χ3n) is 2.38. The summed E-state index contributed by atoms with van der Waals surface area (Å²) in [5.41, 5.74) is -1.18. The molecule has 0 aromatic heterocycles. The highest BCUT2D eigenvalue weighted by atomic mass is 35.5. The highest BCUT2D eigenvalue weighted by Crippen LogP contribution is 2.40. The van der Waals surface area contributed by atoms with Gasteiger partial charge in [-0.2, -0.15) is 23.4 Å². The van der Waals surface area contributed by atoms with Crippen molar-refractivity contribution in [1.29, 1.82) is 0 Å². The van der Waals surface area contributed by atoms with E-state index in [2.05, 4.69) is 14.5 Å². The highest BCUT2D eigenvalue weighted by Gasteiger charge is 2.32. The standard InChI is InChI=1S/C11H8Cl3F3N2O2/c1-2-8(10(20)21-14)18-19-9-6(12)3-5(4-7(9)13)11(15,16)17/h3-4,8H,2H2,1H3. The zero-order valence-corrected chi connectivity index (χ0v) is 12.7. The number of carbonyl (C=O) groups excluding carboxylic acids is 1. The van der Waals surface area contributed by atoms with Crippen LogP contribution in [0.5, 0.6) is 0 Å². The maximum Gasteiger partial charge on any atom is 0.416 e. The number of nitrogens with zero attached hydrogens (tertiary/aromatic N) is 2. The van der Waals surface area contributed by atoms with E-state index in [4.69, 9.17) is 35.1 Å². The van der Waals surface area contributed by atoms with Gasteiger partial charge in [-0.05, 0) is 18.6 Å². The van der Waals surface area contributed by atoms with E-state index in [0.29, 0.717) is 12.1 Å². The molecule has 0 aliphatic rings. The number of alkyl halides is 3. The minimum atomic E-state index is -4.59. The molecule has 0 radical (unpaired) electrons. The van der Waals surface area contributed by atoms with Crippen LogP contribution in [-0.2, 0) is 15.3 Å². The summed E-state index contributed by atoms with van der Waals surface area (Å²) in [5, 5.41) is 6.54. The largest absolute Gasteiger partial charge is 0.416 e. The molecule has 1 atom stereocenters. The summed E-state index contributed by atoms with van der Waals surface area (Å²) in [6, 6.07) is 0.336. The Balaban J connectivity index is 3.13. The summed E-state index contributed by atoms with van der Waals surface area (Å²) >= 11 is 16.3. The SMILES string of the molecule is CCC(N=Nc1c(Cl)cc(C(F)(F)F)cc1Cl)C(=O)OCl. The van der Waals surface area contributed by atoms with Crippen molar-refractivity contribution in [1.82, 2.24) is 0 Å². The molecule has 21 heavy (non-hydrogen) atoms. The smallest absolute Gasteiger partial charge is 0.345 e. The van der Waals surface area contributed by atoms with Crippen LogP contribution >= 0.6 is 35.1 Å². The third kappa shape index (κ3) is 4.72. The molecule has 0 N–H and O–H groups in total. The average Bonchev–Trinajstić information content (AvgIpc) is 2.40. The molecule has 0 aliphatic heterocycles. The second-order valence-corrected chi connectivity index (χ2v) is 4.79. The van der Waals surface area contributed by atoms with Crippen molar-refractivity contribution in [2.24, 2.45) is 10.2 Å². The fourth-order valence-electron chi connectivity index (χ4n) is 1.30. The van der Waals surface area contributed by atoms with Crippen LogP contribution in [-0.4, -0.2) is 12.0 Å². The van der Waals surface area contributed by atoms with E-state index in [0.717, 1.165) is 0 Å². The van der Waals surface area contributed by atoms with E-state index in [1.54, 1.807) is 6.92 Å². The van der Waals surface area contributed by atoms with Gasteiger partial charge in [-0.25, -0.2) is 4.79 Å². The summed E-state index contributed by atoms with van der Waals surface area (Å²) < 4.78 is 41.6. The Morgan fingerprint density at radius 1 is 1.33 bits per heavy atom. The van der Waals surface area contributed by atoms with Crippen molar-refractivity contribution in [2.75, 3.05) is 0 Å². The Labute approximate surface area is 133 Å². The lowest BCUT2D eigenvalue weighted by Gasteiger charge is -2.09. The van der Waals surface area contributed by atoms with Crippen molar-refractivity contribution < 1.29 is 22.3 Å². The first kappa shape index (κ1) is 18.0. The van der Waals surface area contributed by atoms with Gasteiger partial charge in [0.2, 0.25) is 0 Å². The molecular weight excluding hydrogens is 355 g/mol. The van der Waals surface area contributed by atoms with E-state index in [9.17, 15) is 18.0 Å². The van der Waals surface area contributed by atoms with Gasteiger partial charge in [0.1, 0.15) is 17.6 Å². The van der Waals surface area contributed by atoms with Gasteiger partial charge in [-0.1, -0.05) is 30.1 Å². The molecule has 0 fully saturated rings. The number of hydrogen-bond acceptors (Lipinski definition) is 4. The Morgan fingerprint density at radius 3 is 2.24 bits per heavy atom. The molecule has 4 nitrogen and oxygen atoms in total. The van der Waals surface area contributed by atoms with E-state index >= 15 is 0 Å². The van der Waals surface area contributed by atoms with E-state index in [1.165, 1.54) is 0 Å². The van der Waals surface area contributed by atoms with Gasteiger partial charge in [-0.3, -0.25) is 0 Å². The Bertz CT molecular complexity index is 541. The zero-order valence-electron chi connectivity index (χ0n) is 10.4. The first-order chi connectivity index (χ1) is 9.70. The molecule has 0 bridgehead atoms. The first-order valence-corrected chi connectivity index (χ1v) is 6.56. The summed E-state index contributed by atoms with van der Waals surface area (Å²) in [6.45, 7) is 1.62. The lowest BCUT2D eigenvalue weighted by atomic mass is 10.2. The Morgan fingerprint density at radius 2 is 1.86 bits per heavy atom. The third-order valence-corrected chi connectivity index (χ3v) is 3.10. The van der Waals surface area contributed by atoms with Crippen molar-refractivity contribution >= 4 is 46.7 Å². The molecule has 0 saturated carbocycles. The lowest BCUT2D eigenvalue weighted by molar-refractivity contribution is -0.137. The van der Waals surface area contributed by atoms with E-state index in [-0.39, 0.29) is 22.2 Å². The molecule has 1 rings (SSSR count). The predicted octanol–water partition coefficient (Wildman–Crippen LogP) is 5.57. The summed E-state index contributed by atoms with van der Waals surface area (Å²) in [6.07, 6.45) is -4.36. The number of halogens is 6. The molecule has 1 aromatic rings. The number of hydrogen-bond donors (Lipinski definition) is 0. The van der Waals surface area contributed by atoms with Crippen molar-refractivity contribution in [3.8, 4) is 0 Å². The first-order valence-electron chi connectivity index (χ1n) is 5.50. The Hall–Kier alpha value is -1.05. The van der Waals surface area contributed by atoms with Crippen LogP contribution in [0.2, 0.25) is 10.0 Å². The monoisotopic (exact) mass is 362 g/mol. The van der Waals surface area contributed by atoms with Crippen molar-refractivity contribution in [2.45, 2.75) is 25.6 Å². The maximum absolute atomic E-state index is 12.6. The van der Waals surface area contributed by atoms with Crippen molar-refractivity contribution in [3.05, 3.63) is 27.7 Å². The molecule has 0 amide bonds. The summed E-state index contributed by atoms with van der Waals surface area (Å²) in [7, 11) is 0. The van der Waals surface area contributed by atoms with Crippen LogP contribution in [0.1, 0.15) is 18.9 Å². The van der Waals surface area contributed by atoms with E-state index < -0.39 is 23.8 Å². The van der Waals surface area contributed by atoms with Gasteiger partial charge in [0, 0.05) is 0 Å². The lowest BCUT2D eigenvalue weighted by Crippen LogP contribution is -2.16. The van der Waals surface area contributed by atoms with Crippen molar-refractivity contribution in [3.63, 3.8) is 0 Å². The molecular formula is C11H8Cl3F3N2O2. The van der Waals surface area contributed by atoms with Crippen LogP contribution in [0.15, 0.2) is 22.4 Å². The van der Waals surface area contributed by atoms with Crippen LogP contribution in [0.4, 0.5) is 18.9 Å². The molecule has 116 valence electrons. The van der Waals surface area contributed by atoms with Crippen LogP contribution in [0, 0.1) is 0 Å². The average molecular weight is 364 g/mol. The number of rotatable bonds is 4. The topological polar surface area (TPSA) is 51.0 Å². The van der Waals surface area contributed by atoms with Crippen LogP contribution in [0.3, 0.4) is 0 Å². The second-order valence-electron chi connectivity index (χ2n) is 3.82. The van der Waals surface area contributed by atoms with Gasteiger partial charge in [0.05, 0.1) is 15.6 Å². The fraction of sp³-hybridized carbons (Fsp3) is 0.364. The fourth-order valence-corrected chi connectivity index (χ4v) is 1.96. The molecule has 0 saturated heterocycles. The van der Waals surface area contributed by atoms with Crippen LogP contribution in [0.25, 0.3) is 0 Å². The minimum Gasteiger partial charge on any atom is -0.345 e. The summed E-state index contributed by atoms with van der Waals surface area (Å²) in [5.74, 6) is -0.845. The maximum atomic E-state index is 12.6. The van der Waals surface area contributed by atoms with Gasteiger partial charge in [-0.15, -0.1) is 0 Å². The molecule has 0 spiro atoms. The zero-order chi connectivity index (χ0) is 16.2. The van der Waals surface area contributed by atoms with Gasteiger partial charge in [0.25, 0.3) is 0 Å². The number of azo groups is 1. The normalized spacial score (nSPS) is 13.5. The van der Waals surface area contributed by atoms with Gasteiger partial charge >= 0.3 is 12.1 Å². The van der Waals surface area contributed by atoms with Gasteiger partial charge < -0.3 is 4.29 Å². The highest BCUT2D eigenvalue weighted by molar-refractivity contribution is 6.38. The predicted molar refractivity (Wildman–Crippen MR) is 72.0 cm³/mol. The molecule has 10 heteroatoms. The second kappa shape index (κ2) is 7.29. The summed E-state index contributed by atoms with van der Waals surface area (Å²) in [4.78, 5) is 11.2. The number of carbonyl (C=O) groups is 1. The molecule has 0 aliphatic carbocycles. The minimum absolute atomic E-state index is 0.174. The van der Waals surface area contributed by atoms with Crippen LogP contribution < -0.4 is 0 Å². The van der Waals surface area contributed by atoms with E-state index in [1.807, 2.05) is 0 Å². The number of benzene rings is 1. The quantitative estimate of drug-likeness (QED) is 0.656. The Kier molecular flexibility index (Phi) is 6.24. The molecule has 1 aromatic carbocycles. The van der Waals surface area contributed by atoms with Gasteiger partial charge in [0.15, 0.2) is 6.04 Å². The molecule has 0 heterocycles.